The molecule has 7 nitrogen and oxygen atoms in total. The van der Waals surface area contributed by atoms with Crippen molar-refractivity contribution in [2.75, 3.05) is 18.5 Å². The fourth-order valence-corrected chi connectivity index (χ4v) is 8.20. The van der Waals surface area contributed by atoms with E-state index in [9.17, 15) is 19.5 Å². The van der Waals surface area contributed by atoms with Crippen LogP contribution in [0, 0.1) is 11.8 Å². The van der Waals surface area contributed by atoms with E-state index in [1.165, 1.54) is 4.90 Å². The Hall–Kier alpha value is -1.77. The van der Waals surface area contributed by atoms with Gasteiger partial charge in [0.2, 0.25) is 17.7 Å². The topological polar surface area (TPSA) is 98.7 Å². The van der Waals surface area contributed by atoms with Crippen LogP contribution in [-0.2, 0) is 14.4 Å². The molecule has 3 heterocycles. The van der Waals surface area contributed by atoms with Gasteiger partial charge in [0, 0.05) is 22.0 Å². The van der Waals surface area contributed by atoms with E-state index in [4.69, 9.17) is 11.6 Å². The average molecular weight is 480 g/mol. The van der Waals surface area contributed by atoms with Crippen LogP contribution >= 0.6 is 23.4 Å². The van der Waals surface area contributed by atoms with Gasteiger partial charge in [-0.25, -0.2) is 0 Å². The molecule has 3 N–H and O–H groups in total. The fraction of sp³-hybridized carbons (Fsp3) is 0.609. The van der Waals surface area contributed by atoms with Gasteiger partial charge in [-0.05, 0) is 57.4 Å². The van der Waals surface area contributed by atoms with Crippen LogP contribution in [-0.4, -0.2) is 62.5 Å². The SMILES string of the molecule is CCCNC(=O)[C@H]1[C@H]2C(=O)N([C@H](C)CO)C(C(=O)Nc3ccc(Cl)cc3)C23CC[C@]1(C)S3. The van der Waals surface area contributed by atoms with Gasteiger partial charge in [0.15, 0.2) is 0 Å². The lowest BCUT2D eigenvalue weighted by Gasteiger charge is -2.36. The number of aliphatic hydroxyl groups excluding tert-OH is 1. The maximum absolute atomic E-state index is 13.7. The summed E-state index contributed by atoms with van der Waals surface area (Å²) in [5.74, 6) is -1.71. The highest BCUT2D eigenvalue weighted by Crippen LogP contribution is 2.71. The van der Waals surface area contributed by atoms with Crippen molar-refractivity contribution < 1.29 is 19.5 Å². The summed E-state index contributed by atoms with van der Waals surface area (Å²) in [6.07, 6.45) is 2.25. The lowest BCUT2D eigenvalue weighted by molar-refractivity contribution is -0.142. The third-order valence-electron chi connectivity index (χ3n) is 7.15. The summed E-state index contributed by atoms with van der Waals surface area (Å²) in [6.45, 7) is 6.07. The summed E-state index contributed by atoms with van der Waals surface area (Å²) in [7, 11) is 0. The Morgan fingerprint density at radius 3 is 2.59 bits per heavy atom. The van der Waals surface area contributed by atoms with E-state index < -0.39 is 33.4 Å². The molecule has 2 unspecified atom stereocenters. The molecule has 3 fully saturated rings. The van der Waals surface area contributed by atoms with Gasteiger partial charge >= 0.3 is 0 Å². The Kier molecular flexibility index (Phi) is 6.24. The molecule has 32 heavy (non-hydrogen) atoms. The van der Waals surface area contributed by atoms with E-state index in [0.29, 0.717) is 23.7 Å². The number of hydrogen-bond acceptors (Lipinski definition) is 5. The van der Waals surface area contributed by atoms with Gasteiger partial charge in [-0.3, -0.25) is 14.4 Å². The molecule has 2 bridgehead atoms. The second-order valence-electron chi connectivity index (χ2n) is 9.29. The monoisotopic (exact) mass is 479 g/mol. The van der Waals surface area contributed by atoms with Gasteiger partial charge in [0.05, 0.1) is 29.2 Å². The Labute approximate surface area is 197 Å². The van der Waals surface area contributed by atoms with Crippen molar-refractivity contribution in [2.24, 2.45) is 11.8 Å². The number of nitrogens with zero attached hydrogens (tertiary/aromatic N) is 1. The molecule has 3 aliphatic heterocycles. The summed E-state index contributed by atoms with van der Waals surface area (Å²) >= 11 is 7.58. The number of benzene rings is 1. The second-order valence-corrected chi connectivity index (χ2v) is 11.6. The molecule has 0 saturated carbocycles. The van der Waals surface area contributed by atoms with Crippen LogP contribution in [0.25, 0.3) is 0 Å². The lowest BCUT2D eigenvalue weighted by Crippen LogP contribution is -2.54. The van der Waals surface area contributed by atoms with Crippen LogP contribution < -0.4 is 10.6 Å². The molecule has 6 atom stereocenters. The molecule has 1 aromatic carbocycles. The quantitative estimate of drug-likeness (QED) is 0.558. The van der Waals surface area contributed by atoms with E-state index in [1.807, 2.05) is 13.8 Å². The van der Waals surface area contributed by atoms with Crippen molar-refractivity contribution in [3.63, 3.8) is 0 Å². The van der Waals surface area contributed by atoms with Crippen LogP contribution in [0.1, 0.15) is 40.0 Å². The van der Waals surface area contributed by atoms with E-state index >= 15 is 0 Å². The van der Waals surface area contributed by atoms with Crippen LogP contribution in [0.5, 0.6) is 0 Å². The smallest absolute Gasteiger partial charge is 0.248 e. The number of hydrogen-bond donors (Lipinski definition) is 3. The minimum atomic E-state index is -0.770. The number of anilines is 1. The molecule has 0 radical (unpaired) electrons. The fourth-order valence-electron chi connectivity index (χ4n) is 5.73. The normalized spacial score (nSPS) is 33.8. The average Bonchev–Trinajstić information content (AvgIpc) is 3.33. The predicted octanol–water partition coefficient (Wildman–Crippen LogP) is 2.67. The van der Waals surface area contributed by atoms with Gasteiger partial charge in [-0.2, -0.15) is 0 Å². The zero-order chi connectivity index (χ0) is 23.3. The number of nitrogens with one attached hydrogen (secondary N) is 2. The molecule has 3 saturated heterocycles. The molecular formula is C23H30ClN3O4S. The molecule has 1 spiro atoms. The summed E-state index contributed by atoms with van der Waals surface area (Å²) in [4.78, 5) is 42.1. The van der Waals surface area contributed by atoms with Gasteiger partial charge < -0.3 is 20.6 Å². The van der Waals surface area contributed by atoms with Gasteiger partial charge in [0.25, 0.3) is 0 Å². The summed E-state index contributed by atoms with van der Waals surface area (Å²) < 4.78 is -1.09. The highest BCUT2D eigenvalue weighted by atomic mass is 35.5. The summed E-state index contributed by atoms with van der Waals surface area (Å²) in [5.41, 5.74) is 0.587. The molecule has 1 aromatic rings. The maximum Gasteiger partial charge on any atom is 0.248 e. The molecule has 9 heteroatoms. The zero-order valence-electron chi connectivity index (χ0n) is 18.6. The van der Waals surface area contributed by atoms with E-state index in [-0.39, 0.29) is 24.3 Å². The highest BCUT2D eigenvalue weighted by molar-refractivity contribution is 8.02. The Morgan fingerprint density at radius 1 is 1.28 bits per heavy atom. The summed E-state index contributed by atoms with van der Waals surface area (Å²) in [5, 5.41) is 16.4. The van der Waals surface area contributed by atoms with Crippen LogP contribution in [0.3, 0.4) is 0 Å². The molecule has 3 aliphatic rings. The molecule has 174 valence electrons. The number of thioether (sulfide) groups is 1. The molecular weight excluding hydrogens is 450 g/mol. The van der Waals surface area contributed by atoms with Crippen molar-refractivity contribution in [3.8, 4) is 0 Å². The van der Waals surface area contributed by atoms with E-state index in [1.54, 1.807) is 43.0 Å². The number of carbonyl (C=O) groups is 3. The number of carbonyl (C=O) groups excluding carboxylic acids is 3. The van der Waals surface area contributed by atoms with Crippen molar-refractivity contribution >= 4 is 46.8 Å². The third-order valence-corrected chi connectivity index (χ3v) is 9.38. The van der Waals surface area contributed by atoms with E-state index in [2.05, 4.69) is 10.6 Å². The van der Waals surface area contributed by atoms with Crippen molar-refractivity contribution in [1.82, 2.24) is 10.2 Å². The lowest BCUT2D eigenvalue weighted by atomic mass is 9.66. The first-order chi connectivity index (χ1) is 15.2. The van der Waals surface area contributed by atoms with Crippen molar-refractivity contribution in [1.29, 1.82) is 0 Å². The Bertz CT molecular complexity index is 928. The molecule has 0 aliphatic carbocycles. The zero-order valence-corrected chi connectivity index (χ0v) is 20.1. The highest BCUT2D eigenvalue weighted by Gasteiger charge is 2.77. The van der Waals surface area contributed by atoms with Crippen molar-refractivity contribution in [3.05, 3.63) is 29.3 Å². The Morgan fingerprint density at radius 2 is 1.97 bits per heavy atom. The van der Waals surface area contributed by atoms with Crippen molar-refractivity contribution in [2.45, 2.75) is 61.6 Å². The standard InChI is InChI=1S/C23H30ClN3O4S/c1-4-11-25-19(29)16-17-21(31)27(13(2)12-28)18(23(17)10-9-22(16,3)32-23)20(30)26-15-7-5-14(24)6-8-15/h5-8,13,16-18,28H,4,9-12H2,1-3H3,(H,25,29)(H,26,30)/t13-,16-,17+,18?,22+,23?/m1/s1. The van der Waals surface area contributed by atoms with E-state index in [0.717, 1.165) is 12.8 Å². The predicted molar refractivity (Wildman–Crippen MR) is 126 cm³/mol. The first-order valence-electron chi connectivity index (χ1n) is 11.2. The molecule has 4 rings (SSSR count). The van der Waals surface area contributed by atoms with Gasteiger partial charge in [-0.15, -0.1) is 11.8 Å². The van der Waals surface area contributed by atoms with Crippen LogP contribution in [0.15, 0.2) is 24.3 Å². The first kappa shape index (κ1) is 23.4. The number of amides is 3. The number of fused-ring (bicyclic) bond motifs is 1. The number of aliphatic hydroxyl groups is 1. The van der Waals surface area contributed by atoms with Crippen LogP contribution in [0.4, 0.5) is 5.69 Å². The Balaban J connectivity index is 1.72. The minimum Gasteiger partial charge on any atom is -0.394 e. The van der Waals surface area contributed by atoms with Crippen LogP contribution in [0.2, 0.25) is 5.02 Å². The third kappa shape index (κ3) is 3.51. The van der Waals surface area contributed by atoms with Gasteiger partial charge in [-0.1, -0.05) is 18.5 Å². The second kappa shape index (κ2) is 8.54. The number of rotatable bonds is 7. The largest absolute Gasteiger partial charge is 0.394 e. The molecule has 0 aromatic heterocycles. The summed E-state index contributed by atoms with van der Waals surface area (Å²) in [6, 6.07) is 5.51. The minimum absolute atomic E-state index is 0.114. The maximum atomic E-state index is 13.7. The molecule has 3 amide bonds. The van der Waals surface area contributed by atoms with Gasteiger partial charge in [0.1, 0.15) is 6.04 Å². The first-order valence-corrected chi connectivity index (χ1v) is 12.4. The number of halogens is 1. The number of likely N-dealkylation sites (tertiary alicyclic amines) is 1.